The van der Waals surface area contributed by atoms with E-state index in [2.05, 4.69) is 9.98 Å². The number of nitrogens with zero attached hydrogens (tertiary/aromatic N) is 4. The van der Waals surface area contributed by atoms with E-state index in [9.17, 15) is 9.59 Å². The van der Waals surface area contributed by atoms with E-state index in [1.807, 2.05) is 6.92 Å². The van der Waals surface area contributed by atoms with Crippen molar-refractivity contribution in [3.05, 3.63) is 11.8 Å². The average Bonchev–Trinajstić information content (AvgIpc) is 2.33. The fourth-order valence-corrected chi connectivity index (χ4v) is 2.08. The molecule has 2 rings (SSSR count). The molecule has 0 aromatic carbocycles. The third kappa shape index (κ3) is 1.48. The smallest absolute Gasteiger partial charge is 0.291 e. The van der Waals surface area contributed by atoms with E-state index in [1.165, 1.54) is 11.9 Å². The maximum absolute atomic E-state index is 12.1. The van der Waals surface area contributed by atoms with Crippen molar-refractivity contribution in [2.24, 2.45) is 15.9 Å². The molecule has 1 atom stereocenters. The number of hydrogen-bond acceptors (Lipinski definition) is 4. The molecule has 1 fully saturated rings. The molecule has 17 heavy (non-hydrogen) atoms. The molecule has 3 amide bonds. The maximum atomic E-state index is 12.1. The monoisotopic (exact) mass is 234 g/mol. The Morgan fingerprint density at radius 2 is 1.94 bits per heavy atom. The van der Waals surface area contributed by atoms with Crippen molar-refractivity contribution < 1.29 is 9.59 Å². The molecule has 0 aliphatic carbocycles. The molecule has 6 nitrogen and oxygen atoms in total. The molecule has 0 aromatic rings. The Hall–Kier alpha value is -1.98. The molecule has 2 aliphatic heterocycles. The Bertz CT molecular complexity index is 490. The largest absolute Gasteiger partial charge is 0.331 e. The summed E-state index contributed by atoms with van der Waals surface area (Å²) in [5.74, 6) is -0.387. The second kappa shape index (κ2) is 3.80. The predicted molar refractivity (Wildman–Crippen MR) is 64.0 cm³/mol. The number of carbonyl (C=O) groups excluding carboxylic acids is 2. The zero-order chi connectivity index (χ0) is 12.7. The van der Waals surface area contributed by atoms with Crippen molar-refractivity contribution in [2.75, 3.05) is 21.1 Å². The summed E-state index contributed by atoms with van der Waals surface area (Å²) in [6, 6.07) is -0.367. The number of aliphatic imine (C=N–C) groups is 2. The van der Waals surface area contributed by atoms with Crippen LogP contribution in [-0.4, -0.2) is 54.4 Å². The minimum absolute atomic E-state index is 0.278. The highest BCUT2D eigenvalue weighted by atomic mass is 16.2. The Kier molecular flexibility index (Phi) is 2.57. The first-order valence-electron chi connectivity index (χ1n) is 5.25. The average molecular weight is 234 g/mol. The van der Waals surface area contributed by atoms with Crippen LogP contribution in [0.5, 0.6) is 0 Å². The molecule has 0 bridgehead atoms. The number of carbonyl (C=O) groups is 2. The first-order valence-corrected chi connectivity index (χ1v) is 5.25. The Morgan fingerprint density at radius 3 is 2.53 bits per heavy atom. The van der Waals surface area contributed by atoms with Crippen molar-refractivity contribution in [1.29, 1.82) is 0 Å². The summed E-state index contributed by atoms with van der Waals surface area (Å²) < 4.78 is 0. The van der Waals surface area contributed by atoms with Gasteiger partial charge in [-0.2, -0.15) is 0 Å². The van der Waals surface area contributed by atoms with Crippen LogP contribution in [0.1, 0.15) is 6.92 Å². The summed E-state index contributed by atoms with van der Waals surface area (Å²) in [4.78, 5) is 34.7. The lowest BCUT2D eigenvalue weighted by atomic mass is 9.91. The van der Waals surface area contributed by atoms with Gasteiger partial charge in [-0.05, 0) is 12.5 Å². The van der Waals surface area contributed by atoms with Crippen LogP contribution in [0.4, 0.5) is 4.79 Å². The minimum Gasteiger partial charge on any atom is -0.291 e. The molecule has 0 radical (unpaired) electrons. The van der Waals surface area contributed by atoms with Crippen molar-refractivity contribution >= 4 is 23.5 Å². The van der Waals surface area contributed by atoms with Crippen molar-refractivity contribution in [3.8, 4) is 0 Å². The van der Waals surface area contributed by atoms with Crippen molar-refractivity contribution in [1.82, 2.24) is 9.80 Å². The topological polar surface area (TPSA) is 65.3 Å². The van der Waals surface area contributed by atoms with E-state index in [0.29, 0.717) is 11.5 Å². The number of amidine groups is 1. The quantitative estimate of drug-likeness (QED) is 0.613. The van der Waals surface area contributed by atoms with Crippen molar-refractivity contribution in [2.45, 2.75) is 6.92 Å². The first-order chi connectivity index (χ1) is 7.99. The normalized spacial score (nSPS) is 27.1. The molecule has 0 N–H and O–H groups in total. The van der Waals surface area contributed by atoms with Crippen LogP contribution < -0.4 is 0 Å². The predicted octanol–water partition coefficient (Wildman–Crippen LogP) is 0.513. The molecule has 90 valence electrons. The Labute approximate surface area is 99.3 Å². The van der Waals surface area contributed by atoms with Gasteiger partial charge >= 0.3 is 6.03 Å². The van der Waals surface area contributed by atoms with E-state index in [-0.39, 0.29) is 11.9 Å². The number of imide groups is 1. The number of amides is 3. The third-order valence-electron chi connectivity index (χ3n) is 3.06. The molecular weight excluding hydrogens is 220 g/mol. The number of fused-ring (bicyclic) bond motifs is 1. The lowest BCUT2D eigenvalue weighted by Gasteiger charge is -2.37. The van der Waals surface area contributed by atoms with Gasteiger partial charge in [0, 0.05) is 27.3 Å². The van der Waals surface area contributed by atoms with Gasteiger partial charge in [0.05, 0.1) is 5.71 Å². The van der Waals surface area contributed by atoms with Gasteiger partial charge in [-0.15, -0.1) is 0 Å². The van der Waals surface area contributed by atoms with Gasteiger partial charge in [0.2, 0.25) is 5.91 Å². The Morgan fingerprint density at radius 1 is 1.29 bits per heavy atom. The number of rotatable bonds is 0. The highest BCUT2D eigenvalue weighted by molar-refractivity contribution is 6.32. The Balaban J connectivity index is 2.56. The number of hydrogen-bond donors (Lipinski definition) is 0. The molecule has 6 heteroatoms. The molecule has 2 aliphatic rings. The van der Waals surface area contributed by atoms with E-state index in [4.69, 9.17) is 0 Å². The fraction of sp³-hybridized carbons (Fsp3) is 0.455. The van der Waals surface area contributed by atoms with Gasteiger partial charge in [0.1, 0.15) is 11.8 Å². The van der Waals surface area contributed by atoms with Gasteiger partial charge in [0.25, 0.3) is 0 Å². The maximum Gasteiger partial charge on any atom is 0.331 e. The summed E-state index contributed by atoms with van der Waals surface area (Å²) in [7, 11) is 4.72. The lowest BCUT2D eigenvalue weighted by molar-refractivity contribution is -0.128. The van der Waals surface area contributed by atoms with Gasteiger partial charge in [-0.25, -0.2) is 9.79 Å². The van der Waals surface area contributed by atoms with Gasteiger partial charge in [0.15, 0.2) is 0 Å². The second-order valence-corrected chi connectivity index (χ2v) is 4.08. The van der Waals surface area contributed by atoms with E-state index in [1.54, 1.807) is 20.3 Å². The minimum atomic E-state index is -0.558. The summed E-state index contributed by atoms with van der Waals surface area (Å²) in [5, 5.41) is 0. The number of allylic oxidation sites excluding steroid dienone is 1. The molecule has 1 unspecified atom stereocenters. The second-order valence-electron chi connectivity index (χ2n) is 4.08. The van der Waals surface area contributed by atoms with Crippen LogP contribution in [-0.2, 0) is 4.79 Å². The molecule has 1 saturated heterocycles. The van der Waals surface area contributed by atoms with E-state index >= 15 is 0 Å². The third-order valence-corrected chi connectivity index (χ3v) is 3.06. The zero-order valence-corrected chi connectivity index (χ0v) is 10.3. The summed E-state index contributed by atoms with van der Waals surface area (Å²) in [6.45, 7) is 1.85. The summed E-state index contributed by atoms with van der Waals surface area (Å²) >= 11 is 0. The van der Waals surface area contributed by atoms with E-state index in [0.717, 1.165) is 10.5 Å². The van der Waals surface area contributed by atoms with Crippen LogP contribution in [0.2, 0.25) is 0 Å². The molecule has 0 spiro atoms. The van der Waals surface area contributed by atoms with E-state index < -0.39 is 5.92 Å². The SMILES string of the molecule is CN=C1C(C)=CN=C2C1C(=O)N(C)C(=O)N2C. The standard InChI is InChI=1S/C11H14N4O2/c1-6-5-13-9-7(8(6)12-2)10(16)15(4)11(17)14(9)3/h5,7H,1-4H3. The number of urea groups is 1. The van der Waals surface area contributed by atoms with Crippen LogP contribution in [0.15, 0.2) is 21.8 Å². The summed E-state index contributed by atoms with van der Waals surface area (Å²) in [5.41, 5.74) is 1.52. The van der Waals surface area contributed by atoms with Crippen molar-refractivity contribution in [3.63, 3.8) is 0 Å². The first kappa shape index (κ1) is 11.5. The van der Waals surface area contributed by atoms with Crippen LogP contribution in [0, 0.1) is 5.92 Å². The highest BCUT2D eigenvalue weighted by Crippen LogP contribution is 2.24. The molecular formula is C11H14N4O2. The van der Waals surface area contributed by atoms with Gasteiger partial charge < -0.3 is 0 Å². The van der Waals surface area contributed by atoms with Gasteiger partial charge in [-0.1, -0.05) is 0 Å². The van der Waals surface area contributed by atoms with Crippen LogP contribution in [0.3, 0.4) is 0 Å². The molecule has 0 saturated carbocycles. The molecule has 0 aromatic heterocycles. The van der Waals surface area contributed by atoms with Gasteiger partial charge in [-0.3, -0.25) is 19.6 Å². The highest BCUT2D eigenvalue weighted by Gasteiger charge is 2.44. The lowest BCUT2D eigenvalue weighted by Crippen LogP contribution is -2.59. The zero-order valence-electron chi connectivity index (χ0n) is 10.3. The molecule has 2 heterocycles. The van der Waals surface area contributed by atoms with Crippen LogP contribution >= 0.6 is 0 Å². The van der Waals surface area contributed by atoms with Crippen LogP contribution in [0.25, 0.3) is 0 Å². The summed E-state index contributed by atoms with van der Waals surface area (Å²) in [6.07, 6.45) is 1.64. The fourth-order valence-electron chi connectivity index (χ4n) is 2.08.